The number of carboxylic acids is 1. The van der Waals surface area contributed by atoms with E-state index in [4.69, 9.17) is 15.2 Å². The van der Waals surface area contributed by atoms with Crippen LogP contribution in [0.25, 0.3) is 0 Å². The predicted octanol–water partition coefficient (Wildman–Crippen LogP) is 1.29. The summed E-state index contributed by atoms with van der Waals surface area (Å²) >= 11 is 0. The number of methoxy groups -OCH3 is 2. The van der Waals surface area contributed by atoms with Gasteiger partial charge < -0.3 is 25.2 Å². The standard InChI is InChI=1S/C18H20N4O5/c1-26-13-7-10-3-6-22(18(25)16-17(19)21-5-4-20-16)12(9-15(23)24)11(10)8-14(13)27-2/h4-5,7-8,12H,3,6,9H2,1-2H3,(H2,19,21)(H,23,24). The van der Waals surface area contributed by atoms with Crippen LogP contribution in [0.15, 0.2) is 24.5 Å². The van der Waals surface area contributed by atoms with Gasteiger partial charge in [-0.3, -0.25) is 9.59 Å². The minimum Gasteiger partial charge on any atom is -0.493 e. The molecule has 0 aliphatic carbocycles. The lowest BCUT2D eigenvalue weighted by Crippen LogP contribution is -2.41. The second-order valence-electron chi connectivity index (χ2n) is 6.06. The topological polar surface area (TPSA) is 128 Å². The molecule has 1 unspecified atom stereocenters. The molecule has 1 aromatic carbocycles. The summed E-state index contributed by atoms with van der Waals surface area (Å²) in [6.45, 7) is 0.329. The van der Waals surface area contributed by atoms with Gasteiger partial charge in [0.15, 0.2) is 23.0 Å². The number of nitrogens with two attached hydrogens (primary N) is 1. The highest BCUT2D eigenvalue weighted by Gasteiger charge is 2.35. The molecule has 3 N–H and O–H groups in total. The third-order valence-corrected chi connectivity index (χ3v) is 4.56. The average molecular weight is 372 g/mol. The van der Waals surface area contributed by atoms with Gasteiger partial charge in [0.2, 0.25) is 0 Å². The van der Waals surface area contributed by atoms with Gasteiger partial charge in [0.1, 0.15) is 0 Å². The Balaban J connectivity index is 2.06. The first-order chi connectivity index (χ1) is 13.0. The van der Waals surface area contributed by atoms with Crippen molar-refractivity contribution in [3.63, 3.8) is 0 Å². The maximum absolute atomic E-state index is 13.0. The zero-order valence-electron chi connectivity index (χ0n) is 15.0. The number of fused-ring (bicyclic) bond motifs is 1. The third-order valence-electron chi connectivity index (χ3n) is 4.56. The Morgan fingerprint density at radius 2 is 1.89 bits per heavy atom. The highest BCUT2D eigenvalue weighted by atomic mass is 16.5. The lowest BCUT2D eigenvalue weighted by Gasteiger charge is -2.37. The smallest absolute Gasteiger partial charge is 0.305 e. The number of hydrogen-bond donors (Lipinski definition) is 2. The number of rotatable bonds is 5. The molecule has 1 aromatic heterocycles. The Bertz CT molecular complexity index is 886. The molecule has 1 aliphatic rings. The minimum atomic E-state index is -1.02. The molecule has 1 amide bonds. The minimum absolute atomic E-state index is 0.00897. The van der Waals surface area contributed by atoms with Crippen molar-refractivity contribution in [2.45, 2.75) is 18.9 Å². The molecule has 3 rings (SSSR count). The van der Waals surface area contributed by atoms with Crippen LogP contribution in [0, 0.1) is 0 Å². The van der Waals surface area contributed by atoms with Gasteiger partial charge in [-0.05, 0) is 29.7 Å². The molecule has 0 bridgehead atoms. The van der Waals surface area contributed by atoms with Crippen LogP contribution in [0.1, 0.15) is 34.1 Å². The van der Waals surface area contributed by atoms with Crippen LogP contribution in [-0.4, -0.2) is 52.6 Å². The molecule has 142 valence electrons. The number of hydrogen-bond acceptors (Lipinski definition) is 7. The Kier molecular flexibility index (Phi) is 5.11. The van der Waals surface area contributed by atoms with Gasteiger partial charge in [0, 0.05) is 18.9 Å². The normalized spacial score (nSPS) is 15.8. The number of aliphatic carboxylic acids is 1. The fourth-order valence-corrected chi connectivity index (χ4v) is 3.31. The van der Waals surface area contributed by atoms with Crippen LogP contribution in [-0.2, 0) is 11.2 Å². The van der Waals surface area contributed by atoms with Crippen molar-refractivity contribution in [2.24, 2.45) is 0 Å². The molecular weight excluding hydrogens is 352 g/mol. The Labute approximate surface area is 155 Å². The number of benzene rings is 1. The molecule has 0 fully saturated rings. The van der Waals surface area contributed by atoms with E-state index >= 15 is 0 Å². The molecular formula is C18H20N4O5. The molecule has 2 heterocycles. The number of carboxylic acid groups (broad SMARTS) is 1. The summed E-state index contributed by atoms with van der Waals surface area (Å²) in [5.41, 5.74) is 7.41. The van der Waals surface area contributed by atoms with Crippen LogP contribution in [0.4, 0.5) is 5.82 Å². The fourth-order valence-electron chi connectivity index (χ4n) is 3.31. The number of carbonyl (C=O) groups is 2. The molecule has 9 nitrogen and oxygen atoms in total. The number of ether oxygens (including phenoxy) is 2. The number of aromatic nitrogens is 2. The van der Waals surface area contributed by atoms with Crippen LogP contribution in [0.3, 0.4) is 0 Å². The van der Waals surface area contributed by atoms with Crippen molar-refractivity contribution in [1.82, 2.24) is 14.9 Å². The van der Waals surface area contributed by atoms with Crippen LogP contribution in [0.5, 0.6) is 11.5 Å². The highest BCUT2D eigenvalue weighted by molar-refractivity contribution is 5.97. The van der Waals surface area contributed by atoms with Gasteiger partial charge in [-0.15, -0.1) is 0 Å². The predicted molar refractivity (Wildman–Crippen MR) is 95.7 cm³/mol. The van der Waals surface area contributed by atoms with Crippen molar-refractivity contribution in [3.05, 3.63) is 41.3 Å². The second kappa shape index (κ2) is 7.48. The Morgan fingerprint density at radius 1 is 1.22 bits per heavy atom. The quantitative estimate of drug-likeness (QED) is 0.803. The van der Waals surface area contributed by atoms with E-state index in [9.17, 15) is 14.7 Å². The van der Waals surface area contributed by atoms with Crippen molar-refractivity contribution in [1.29, 1.82) is 0 Å². The van der Waals surface area contributed by atoms with Crippen molar-refractivity contribution >= 4 is 17.7 Å². The average Bonchev–Trinajstić information content (AvgIpc) is 2.66. The van der Waals surface area contributed by atoms with Gasteiger partial charge in [0.25, 0.3) is 5.91 Å². The number of nitrogen functional groups attached to an aromatic ring is 1. The van der Waals surface area contributed by atoms with E-state index in [1.54, 1.807) is 6.07 Å². The molecule has 27 heavy (non-hydrogen) atoms. The molecule has 0 radical (unpaired) electrons. The van der Waals surface area contributed by atoms with E-state index in [1.165, 1.54) is 31.5 Å². The molecule has 0 spiro atoms. The first-order valence-corrected chi connectivity index (χ1v) is 8.30. The van der Waals surface area contributed by atoms with Gasteiger partial charge in [0.05, 0.1) is 26.7 Å². The lowest BCUT2D eigenvalue weighted by atomic mass is 9.89. The van der Waals surface area contributed by atoms with Gasteiger partial charge in [-0.2, -0.15) is 0 Å². The molecule has 0 saturated carbocycles. The van der Waals surface area contributed by atoms with E-state index < -0.39 is 17.9 Å². The third kappa shape index (κ3) is 3.48. The van der Waals surface area contributed by atoms with Crippen molar-refractivity contribution < 1.29 is 24.2 Å². The summed E-state index contributed by atoms with van der Waals surface area (Å²) < 4.78 is 10.7. The van der Waals surface area contributed by atoms with Crippen molar-refractivity contribution in [2.75, 3.05) is 26.5 Å². The summed E-state index contributed by atoms with van der Waals surface area (Å²) in [4.78, 5) is 33.9. The van der Waals surface area contributed by atoms with Gasteiger partial charge in [-0.25, -0.2) is 9.97 Å². The first-order valence-electron chi connectivity index (χ1n) is 8.30. The Morgan fingerprint density at radius 3 is 2.52 bits per heavy atom. The second-order valence-corrected chi connectivity index (χ2v) is 6.06. The van der Waals surface area contributed by atoms with Gasteiger partial charge in [-0.1, -0.05) is 0 Å². The van der Waals surface area contributed by atoms with E-state index in [0.717, 1.165) is 5.56 Å². The number of carbonyl (C=O) groups excluding carboxylic acids is 1. The zero-order valence-corrected chi connectivity index (χ0v) is 15.0. The molecule has 1 aliphatic heterocycles. The summed E-state index contributed by atoms with van der Waals surface area (Å²) in [7, 11) is 3.04. The molecule has 1 atom stereocenters. The van der Waals surface area contributed by atoms with E-state index in [2.05, 4.69) is 9.97 Å². The van der Waals surface area contributed by atoms with Crippen molar-refractivity contribution in [3.8, 4) is 11.5 Å². The summed E-state index contributed by atoms with van der Waals surface area (Å²) in [5, 5.41) is 9.40. The molecule has 2 aromatic rings. The highest BCUT2D eigenvalue weighted by Crippen LogP contribution is 2.40. The number of nitrogens with zero attached hydrogens (tertiary/aromatic N) is 3. The maximum Gasteiger partial charge on any atom is 0.305 e. The SMILES string of the molecule is COc1cc2c(cc1OC)C(CC(=O)O)N(C(=O)c1nccnc1N)CC2. The van der Waals surface area contributed by atoms with E-state index in [-0.39, 0.29) is 17.9 Å². The Hall–Kier alpha value is -3.36. The van der Waals surface area contributed by atoms with Crippen LogP contribution < -0.4 is 15.2 Å². The monoisotopic (exact) mass is 372 g/mol. The zero-order chi connectivity index (χ0) is 19.6. The number of anilines is 1. The van der Waals surface area contributed by atoms with E-state index in [0.29, 0.717) is 30.0 Å². The number of amides is 1. The molecule has 0 saturated heterocycles. The largest absolute Gasteiger partial charge is 0.493 e. The summed E-state index contributed by atoms with van der Waals surface area (Å²) in [5.74, 6) is -0.433. The maximum atomic E-state index is 13.0. The fraction of sp³-hybridized carbons (Fsp3) is 0.333. The molecule has 9 heteroatoms. The first kappa shape index (κ1) is 18.4. The summed E-state index contributed by atoms with van der Waals surface area (Å²) in [6, 6.07) is 2.86. The lowest BCUT2D eigenvalue weighted by molar-refractivity contribution is -0.138. The van der Waals surface area contributed by atoms with E-state index in [1.807, 2.05) is 6.07 Å². The van der Waals surface area contributed by atoms with Gasteiger partial charge >= 0.3 is 5.97 Å². The summed E-state index contributed by atoms with van der Waals surface area (Å²) in [6.07, 6.45) is 3.05. The van der Waals surface area contributed by atoms with Crippen LogP contribution in [0.2, 0.25) is 0 Å². The van der Waals surface area contributed by atoms with Crippen LogP contribution >= 0.6 is 0 Å².